The van der Waals surface area contributed by atoms with Crippen molar-refractivity contribution in [2.24, 2.45) is 0 Å². The molecule has 4 rings (SSSR count). The Morgan fingerprint density at radius 1 is 1.26 bits per heavy atom. The largest absolute Gasteiger partial charge is 0.480 e. The molecule has 136 valence electrons. The van der Waals surface area contributed by atoms with Crippen LogP contribution >= 0.6 is 11.8 Å². The molecule has 5 nitrogen and oxygen atoms in total. The van der Waals surface area contributed by atoms with Crippen molar-refractivity contribution in [3.8, 4) is 11.3 Å². The number of benzene rings is 2. The van der Waals surface area contributed by atoms with Gasteiger partial charge in [0.05, 0.1) is 11.7 Å². The van der Waals surface area contributed by atoms with Gasteiger partial charge in [-0.3, -0.25) is 0 Å². The fourth-order valence-corrected chi connectivity index (χ4v) is 3.86. The van der Waals surface area contributed by atoms with Gasteiger partial charge in [-0.2, -0.15) is 0 Å². The lowest BCUT2D eigenvalue weighted by Gasteiger charge is -2.09. The van der Waals surface area contributed by atoms with Crippen LogP contribution in [0.4, 0.5) is 4.39 Å². The molecule has 0 aliphatic rings. The predicted molar refractivity (Wildman–Crippen MR) is 100 cm³/mol. The Labute approximate surface area is 158 Å². The summed E-state index contributed by atoms with van der Waals surface area (Å²) in [6, 6.07) is 11.4. The lowest BCUT2D eigenvalue weighted by molar-refractivity contribution is -0.140. The molecular weight excluding hydrogens is 367 g/mol. The second-order valence-corrected chi connectivity index (χ2v) is 7.18. The summed E-state index contributed by atoms with van der Waals surface area (Å²) in [5, 5.41) is 10.0. The molecule has 0 saturated heterocycles. The molecule has 0 amide bonds. The molecule has 1 unspecified atom stereocenters. The maximum Gasteiger partial charge on any atom is 0.326 e. The molecule has 0 aliphatic carbocycles. The molecular formula is C20H15FN2O3S. The van der Waals surface area contributed by atoms with E-state index in [1.54, 1.807) is 30.0 Å². The smallest absolute Gasteiger partial charge is 0.326 e. The number of fused-ring (bicyclic) bond motifs is 1. The van der Waals surface area contributed by atoms with E-state index < -0.39 is 12.0 Å². The lowest BCUT2D eigenvalue weighted by Crippen LogP contribution is -2.14. The van der Waals surface area contributed by atoms with E-state index in [9.17, 15) is 14.3 Å². The molecule has 2 aromatic heterocycles. The summed E-state index contributed by atoms with van der Waals surface area (Å²) in [5.74, 6) is -0.615. The van der Waals surface area contributed by atoms with Gasteiger partial charge in [0.1, 0.15) is 11.9 Å². The Hall–Kier alpha value is -3.06. The van der Waals surface area contributed by atoms with Crippen molar-refractivity contribution in [3.05, 3.63) is 67.1 Å². The fraction of sp³-hybridized carbons (Fsp3) is 0.100. The number of hydrogen-bond acceptors (Lipinski definition) is 4. The normalized spacial score (nSPS) is 12.4. The van der Waals surface area contributed by atoms with Crippen molar-refractivity contribution < 1.29 is 18.7 Å². The highest BCUT2D eigenvalue weighted by Gasteiger charge is 2.19. The number of carboxylic acids is 1. The average molecular weight is 382 g/mol. The van der Waals surface area contributed by atoms with E-state index in [1.807, 2.05) is 24.3 Å². The van der Waals surface area contributed by atoms with Crippen LogP contribution in [0.1, 0.15) is 13.0 Å². The van der Waals surface area contributed by atoms with Crippen molar-refractivity contribution >= 4 is 28.6 Å². The van der Waals surface area contributed by atoms with E-state index in [0.717, 1.165) is 15.4 Å². The Morgan fingerprint density at radius 2 is 2.04 bits per heavy atom. The molecule has 0 saturated carbocycles. The Kier molecular flexibility index (Phi) is 4.45. The topological polar surface area (TPSA) is 68.3 Å². The monoisotopic (exact) mass is 382 g/mol. The van der Waals surface area contributed by atoms with Crippen LogP contribution in [0, 0.1) is 5.82 Å². The summed E-state index contributed by atoms with van der Waals surface area (Å²) in [5.41, 5.74) is 1.59. The van der Waals surface area contributed by atoms with E-state index in [1.165, 1.54) is 30.3 Å². The van der Waals surface area contributed by atoms with Gasteiger partial charge in [0, 0.05) is 26.9 Å². The molecule has 1 atom stereocenters. The molecule has 0 spiro atoms. The van der Waals surface area contributed by atoms with Crippen LogP contribution in [0.3, 0.4) is 0 Å². The zero-order valence-corrected chi connectivity index (χ0v) is 15.1. The van der Waals surface area contributed by atoms with Gasteiger partial charge in [-0.1, -0.05) is 23.9 Å². The number of halogens is 1. The SMILES string of the molecule is CC(C(=O)O)n1cc(Sc2ccc(-c3cnco3)cc2)c2cc(F)ccc21. The lowest BCUT2D eigenvalue weighted by atomic mass is 10.2. The molecule has 0 fully saturated rings. The van der Waals surface area contributed by atoms with Crippen LogP contribution in [-0.4, -0.2) is 20.6 Å². The number of carboxylic acid groups (broad SMARTS) is 1. The second-order valence-electron chi connectivity index (χ2n) is 6.07. The van der Waals surface area contributed by atoms with E-state index in [4.69, 9.17) is 4.42 Å². The second kappa shape index (κ2) is 6.92. The van der Waals surface area contributed by atoms with Crippen LogP contribution in [0.5, 0.6) is 0 Å². The number of aromatic nitrogens is 2. The van der Waals surface area contributed by atoms with Gasteiger partial charge >= 0.3 is 5.97 Å². The minimum Gasteiger partial charge on any atom is -0.480 e. The maximum atomic E-state index is 13.8. The Bertz CT molecular complexity index is 1100. The number of rotatable bonds is 5. The van der Waals surface area contributed by atoms with E-state index in [0.29, 0.717) is 16.7 Å². The molecule has 27 heavy (non-hydrogen) atoms. The highest BCUT2D eigenvalue weighted by Crippen LogP contribution is 2.37. The van der Waals surface area contributed by atoms with Crippen LogP contribution in [0.25, 0.3) is 22.2 Å². The van der Waals surface area contributed by atoms with E-state index in [-0.39, 0.29) is 5.82 Å². The third-order valence-electron chi connectivity index (χ3n) is 4.33. The fourth-order valence-electron chi connectivity index (χ4n) is 2.89. The molecule has 0 radical (unpaired) electrons. The first-order valence-electron chi connectivity index (χ1n) is 8.22. The van der Waals surface area contributed by atoms with Crippen LogP contribution < -0.4 is 0 Å². The molecule has 7 heteroatoms. The van der Waals surface area contributed by atoms with Crippen molar-refractivity contribution in [1.82, 2.24) is 9.55 Å². The minimum atomic E-state index is -0.941. The van der Waals surface area contributed by atoms with Gasteiger partial charge in [0.2, 0.25) is 0 Å². The number of aliphatic carboxylic acids is 1. The van der Waals surface area contributed by atoms with Gasteiger partial charge < -0.3 is 14.1 Å². The third-order valence-corrected chi connectivity index (χ3v) is 5.39. The van der Waals surface area contributed by atoms with Crippen molar-refractivity contribution in [1.29, 1.82) is 0 Å². The van der Waals surface area contributed by atoms with Gasteiger partial charge in [0.15, 0.2) is 12.2 Å². The highest BCUT2D eigenvalue weighted by molar-refractivity contribution is 7.99. The predicted octanol–water partition coefficient (Wildman–Crippen LogP) is 5.23. The van der Waals surface area contributed by atoms with Crippen molar-refractivity contribution in [2.45, 2.75) is 22.8 Å². The molecule has 0 aliphatic heterocycles. The molecule has 2 aromatic carbocycles. The molecule has 0 bridgehead atoms. The van der Waals surface area contributed by atoms with Gasteiger partial charge in [-0.05, 0) is 37.3 Å². The van der Waals surface area contributed by atoms with E-state index in [2.05, 4.69) is 4.98 Å². The van der Waals surface area contributed by atoms with Gasteiger partial charge in [0.25, 0.3) is 0 Å². The number of hydrogen-bond donors (Lipinski definition) is 1. The summed E-state index contributed by atoms with van der Waals surface area (Å²) in [6.07, 6.45) is 4.79. The average Bonchev–Trinajstić information content (AvgIpc) is 3.30. The van der Waals surface area contributed by atoms with Crippen LogP contribution in [-0.2, 0) is 4.79 Å². The molecule has 1 N–H and O–H groups in total. The number of nitrogens with zero attached hydrogens (tertiary/aromatic N) is 2. The Balaban J connectivity index is 1.71. The Morgan fingerprint density at radius 3 is 2.70 bits per heavy atom. The molecule has 4 aromatic rings. The van der Waals surface area contributed by atoms with Gasteiger partial charge in [-0.15, -0.1) is 0 Å². The summed E-state index contributed by atoms with van der Waals surface area (Å²) < 4.78 is 20.7. The summed E-state index contributed by atoms with van der Waals surface area (Å²) in [6.45, 7) is 1.60. The first-order valence-corrected chi connectivity index (χ1v) is 9.04. The first-order chi connectivity index (χ1) is 13.0. The van der Waals surface area contributed by atoms with Crippen molar-refractivity contribution in [3.63, 3.8) is 0 Å². The van der Waals surface area contributed by atoms with Gasteiger partial charge in [-0.25, -0.2) is 14.2 Å². The third kappa shape index (κ3) is 3.33. The van der Waals surface area contributed by atoms with Crippen LogP contribution in [0.2, 0.25) is 0 Å². The van der Waals surface area contributed by atoms with Crippen molar-refractivity contribution in [2.75, 3.05) is 0 Å². The quantitative estimate of drug-likeness (QED) is 0.512. The number of carbonyl (C=O) groups is 1. The zero-order chi connectivity index (χ0) is 19.0. The minimum absolute atomic E-state index is 0.356. The summed E-state index contributed by atoms with van der Waals surface area (Å²) in [4.78, 5) is 17.1. The van der Waals surface area contributed by atoms with Crippen LogP contribution in [0.15, 0.2) is 75.5 Å². The summed E-state index contributed by atoms with van der Waals surface area (Å²) in [7, 11) is 0. The number of oxazole rings is 1. The maximum absolute atomic E-state index is 13.8. The highest BCUT2D eigenvalue weighted by atomic mass is 32.2. The summed E-state index contributed by atoms with van der Waals surface area (Å²) >= 11 is 1.46. The zero-order valence-electron chi connectivity index (χ0n) is 14.3. The molecule has 2 heterocycles. The standard InChI is InChI=1S/C20H15FN2O3S/c1-12(20(24)25)23-10-19(16-8-14(21)4-7-17(16)23)27-15-5-2-13(3-6-15)18-9-22-11-26-18/h2-12H,1H3,(H,24,25). The van der Waals surface area contributed by atoms with E-state index >= 15 is 0 Å². The first kappa shape index (κ1) is 17.4.